The maximum atomic E-state index is 12.6. The molecule has 0 bridgehead atoms. The summed E-state index contributed by atoms with van der Waals surface area (Å²) in [5, 5.41) is 3.29. The summed E-state index contributed by atoms with van der Waals surface area (Å²) < 4.78 is 0. The molecule has 3 heteroatoms. The number of rotatable bonds is 3. The van der Waals surface area contributed by atoms with E-state index in [1.165, 1.54) is 30.4 Å². The zero-order valence-corrected chi connectivity index (χ0v) is 12.6. The maximum absolute atomic E-state index is 12.6. The van der Waals surface area contributed by atoms with Gasteiger partial charge in [-0.1, -0.05) is 43.5 Å². The van der Waals surface area contributed by atoms with E-state index in [0.717, 1.165) is 25.7 Å². The molecule has 1 amide bonds. The summed E-state index contributed by atoms with van der Waals surface area (Å²) >= 11 is 6.16. The lowest BCUT2D eigenvalue weighted by atomic mass is 9.82. The fraction of sp³-hybridized carbons (Fsp3) is 0.588. The van der Waals surface area contributed by atoms with Crippen LogP contribution < -0.4 is 5.32 Å². The topological polar surface area (TPSA) is 29.1 Å². The van der Waals surface area contributed by atoms with Crippen molar-refractivity contribution in [1.29, 1.82) is 0 Å². The largest absolute Gasteiger partial charge is 0.349 e. The van der Waals surface area contributed by atoms with E-state index in [9.17, 15) is 4.79 Å². The molecule has 0 aliphatic heterocycles. The maximum Gasteiger partial charge on any atom is 0.224 e. The van der Waals surface area contributed by atoms with E-state index in [-0.39, 0.29) is 17.4 Å². The van der Waals surface area contributed by atoms with Gasteiger partial charge in [-0.25, -0.2) is 0 Å². The van der Waals surface area contributed by atoms with Crippen molar-refractivity contribution in [2.75, 3.05) is 5.88 Å². The van der Waals surface area contributed by atoms with Gasteiger partial charge in [-0.2, -0.15) is 0 Å². The Labute approximate surface area is 125 Å². The van der Waals surface area contributed by atoms with Crippen molar-refractivity contribution in [3.8, 4) is 0 Å². The van der Waals surface area contributed by atoms with Crippen LogP contribution in [-0.4, -0.2) is 17.3 Å². The zero-order valence-electron chi connectivity index (χ0n) is 11.8. The molecule has 2 nitrogen and oxygen atoms in total. The van der Waals surface area contributed by atoms with Gasteiger partial charge in [-0.15, -0.1) is 11.6 Å². The second-order valence-electron chi connectivity index (χ2n) is 6.34. The second-order valence-corrected chi connectivity index (χ2v) is 6.61. The quantitative estimate of drug-likeness (QED) is 0.849. The molecule has 0 saturated heterocycles. The van der Waals surface area contributed by atoms with Gasteiger partial charge < -0.3 is 5.32 Å². The van der Waals surface area contributed by atoms with Crippen LogP contribution in [0.25, 0.3) is 0 Å². The monoisotopic (exact) mass is 291 g/mol. The van der Waals surface area contributed by atoms with Gasteiger partial charge >= 0.3 is 0 Å². The lowest BCUT2D eigenvalue weighted by Gasteiger charge is -2.37. The average molecular weight is 292 g/mol. The van der Waals surface area contributed by atoms with Gasteiger partial charge in [0.1, 0.15) is 0 Å². The highest BCUT2D eigenvalue weighted by Crippen LogP contribution is 2.31. The molecule has 1 fully saturated rings. The van der Waals surface area contributed by atoms with Gasteiger partial charge in [0.05, 0.1) is 5.54 Å². The Hall–Kier alpha value is -1.02. The number of carbonyl (C=O) groups is 1. The molecule has 0 unspecified atom stereocenters. The van der Waals surface area contributed by atoms with Crippen molar-refractivity contribution >= 4 is 17.5 Å². The Morgan fingerprint density at radius 2 is 1.75 bits per heavy atom. The predicted molar refractivity (Wildman–Crippen MR) is 82.0 cm³/mol. The van der Waals surface area contributed by atoms with E-state index in [1.54, 1.807) is 0 Å². The van der Waals surface area contributed by atoms with Crippen LogP contribution in [0, 0.1) is 5.92 Å². The number of hydrogen-bond donors (Lipinski definition) is 1. The second kappa shape index (κ2) is 5.77. The summed E-state index contributed by atoms with van der Waals surface area (Å²) in [6.45, 7) is 0. The molecule has 1 N–H and O–H groups in total. The minimum Gasteiger partial charge on any atom is -0.349 e. The molecule has 1 aromatic rings. The molecular formula is C17H22ClNO. The van der Waals surface area contributed by atoms with Crippen molar-refractivity contribution < 1.29 is 4.79 Å². The smallest absolute Gasteiger partial charge is 0.224 e. The molecule has 0 spiro atoms. The van der Waals surface area contributed by atoms with E-state index < -0.39 is 0 Å². The van der Waals surface area contributed by atoms with E-state index >= 15 is 0 Å². The number of nitrogens with one attached hydrogen (secondary N) is 1. The summed E-state index contributed by atoms with van der Waals surface area (Å²) in [6, 6.07) is 8.39. The van der Waals surface area contributed by atoms with Crippen LogP contribution >= 0.6 is 11.6 Å². The highest BCUT2D eigenvalue weighted by Gasteiger charge is 2.36. The van der Waals surface area contributed by atoms with Crippen LogP contribution in [0.2, 0.25) is 0 Å². The van der Waals surface area contributed by atoms with Crippen LogP contribution in [0.1, 0.15) is 43.2 Å². The molecule has 0 heterocycles. The van der Waals surface area contributed by atoms with Crippen molar-refractivity contribution in [3.05, 3.63) is 35.4 Å². The Bertz CT molecular complexity index is 469. The Morgan fingerprint density at radius 3 is 2.30 bits per heavy atom. The zero-order chi connectivity index (χ0) is 14.0. The summed E-state index contributed by atoms with van der Waals surface area (Å²) in [5.41, 5.74) is 2.51. The third kappa shape index (κ3) is 2.71. The van der Waals surface area contributed by atoms with E-state index in [0.29, 0.717) is 5.88 Å². The highest BCUT2D eigenvalue weighted by atomic mass is 35.5. The number of carbonyl (C=O) groups excluding carboxylic acids is 1. The number of benzene rings is 1. The van der Waals surface area contributed by atoms with E-state index in [1.807, 2.05) is 0 Å². The first kappa shape index (κ1) is 13.9. The van der Waals surface area contributed by atoms with Gasteiger partial charge in [0.15, 0.2) is 0 Å². The van der Waals surface area contributed by atoms with Crippen molar-refractivity contribution in [2.24, 2.45) is 5.92 Å². The Morgan fingerprint density at radius 1 is 1.15 bits per heavy atom. The molecule has 108 valence electrons. The average Bonchev–Trinajstić information content (AvgIpc) is 2.92. The molecule has 0 atom stereocenters. The van der Waals surface area contributed by atoms with Gasteiger partial charge in [-0.3, -0.25) is 4.79 Å². The van der Waals surface area contributed by atoms with Crippen molar-refractivity contribution in [3.63, 3.8) is 0 Å². The molecule has 1 aromatic carbocycles. The van der Waals surface area contributed by atoms with Crippen molar-refractivity contribution in [2.45, 2.75) is 50.5 Å². The molecule has 20 heavy (non-hydrogen) atoms. The number of hydrogen-bond acceptors (Lipinski definition) is 1. The number of amides is 1. The SMILES string of the molecule is O=C(NC1(CCl)CCCCC1)C1Cc2ccccc2C1. The third-order valence-corrected chi connectivity index (χ3v) is 5.39. The molecule has 2 aliphatic rings. The molecule has 3 rings (SSSR count). The fourth-order valence-corrected chi connectivity index (χ4v) is 3.96. The summed E-state index contributed by atoms with van der Waals surface area (Å²) in [5.74, 6) is 0.830. The Kier molecular flexibility index (Phi) is 4.02. The minimum absolute atomic E-state index is 0.0921. The minimum atomic E-state index is -0.147. The summed E-state index contributed by atoms with van der Waals surface area (Å²) in [4.78, 5) is 12.6. The Balaban J connectivity index is 1.66. The molecular weight excluding hydrogens is 270 g/mol. The van der Waals surface area contributed by atoms with E-state index in [4.69, 9.17) is 11.6 Å². The summed E-state index contributed by atoms with van der Waals surface area (Å²) in [7, 11) is 0. The van der Waals surface area contributed by atoms with Crippen LogP contribution in [0.3, 0.4) is 0 Å². The summed E-state index contributed by atoms with van der Waals surface area (Å²) in [6.07, 6.45) is 7.43. The van der Waals surface area contributed by atoms with Gasteiger partial charge in [0.25, 0.3) is 0 Å². The van der Waals surface area contributed by atoms with Crippen LogP contribution in [0.4, 0.5) is 0 Å². The fourth-order valence-electron chi connectivity index (χ4n) is 3.63. The normalized spacial score (nSPS) is 21.4. The van der Waals surface area contributed by atoms with Crippen LogP contribution in [-0.2, 0) is 17.6 Å². The number of alkyl halides is 1. The highest BCUT2D eigenvalue weighted by molar-refractivity contribution is 6.18. The third-order valence-electron chi connectivity index (χ3n) is 4.88. The molecule has 0 aromatic heterocycles. The molecule has 1 saturated carbocycles. The van der Waals surface area contributed by atoms with Gasteiger partial charge in [0, 0.05) is 11.8 Å². The molecule has 0 radical (unpaired) electrons. The first-order valence-electron chi connectivity index (χ1n) is 7.67. The first-order valence-corrected chi connectivity index (χ1v) is 8.21. The van der Waals surface area contributed by atoms with Gasteiger partial charge in [-0.05, 0) is 36.8 Å². The lowest BCUT2D eigenvalue weighted by Crippen LogP contribution is -2.53. The number of halogens is 1. The predicted octanol–water partition coefficient (Wildman–Crippen LogP) is 3.46. The van der Waals surface area contributed by atoms with Gasteiger partial charge in [0.2, 0.25) is 5.91 Å². The first-order chi connectivity index (χ1) is 9.72. The number of fused-ring (bicyclic) bond motifs is 1. The standard InChI is InChI=1S/C17H22ClNO/c18-12-17(8-4-1-5-9-17)19-16(20)15-10-13-6-2-3-7-14(13)11-15/h2-3,6-7,15H,1,4-5,8-12H2,(H,19,20). The molecule has 2 aliphatic carbocycles. The lowest BCUT2D eigenvalue weighted by molar-refractivity contribution is -0.126. The van der Waals surface area contributed by atoms with E-state index in [2.05, 4.69) is 29.6 Å². The van der Waals surface area contributed by atoms with Crippen LogP contribution in [0.5, 0.6) is 0 Å². The van der Waals surface area contributed by atoms with Crippen LogP contribution in [0.15, 0.2) is 24.3 Å². The van der Waals surface area contributed by atoms with Crippen molar-refractivity contribution in [1.82, 2.24) is 5.32 Å².